The number of aryl methyl sites for hydroxylation is 2. The maximum atomic E-state index is 13.5. The normalized spacial score (nSPS) is 12.2. The van der Waals surface area contributed by atoms with Crippen LogP contribution in [0.25, 0.3) is 0 Å². The zero-order valence-corrected chi connectivity index (χ0v) is 17.9. The number of aromatic nitrogens is 1. The summed E-state index contributed by atoms with van der Waals surface area (Å²) >= 11 is 0. The number of benzene rings is 1. The number of hydrogen-bond acceptors (Lipinski definition) is 5. The van der Waals surface area contributed by atoms with Crippen LogP contribution in [0.5, 0.6) is 0 Å². The molecular weight excluding hydrogens is 409 g/mol. The zero-order valence-electron chi connectivity index (χ0n) is 17.9. The highest BCUT2D eigenvalue weighted by molar-refractivity contribution is 5.96. The lowest BCUT2D eigenvalue weighted by atomic mass is 10.1. The van der Waals surface area contributed by atoms with Gasteiger partial charge in [0.25, 0.3) is 0 Å². The van der Waals surface area contributed by atoms with Crippen LogP contribution in [0.4, 0.5) is 24.7 Å². The number of amides is 1. The van der Waals surface area contributed by atoms with Crippen LogP contribution in [0.2, 0.25) is 0 Å². The Morgan fingerprint density at radius 2 is 1.97 bits per heavy atom. The standard InChI is InChI=1S/C22H25F3N4O2/c1-14-6-5-7-17(10-14)28(4)20(31)13-29(9-8-16(3)30)21-18(12-26)19(22(23,24)25)11-15(2)27-21/h5-7,10-11,16,30H,8-9,13H2,1-4H3/t16-/m0/s1. The average molecular weight is 434 g/mol. The smallest absolute Gasteiger partial charge is 0.393 e. The zero-order chi connectivity index (χ0) is 23.3. The maximum Gasteiger partial charge on any atom is 0.417 e. The number of likely N-dealkylation sites (N-methyl/N-ethyl adjacent to an activating group) is 1. The van der Waals surface area contributed by atoms with Crippen molar-refractivity contribution in [2.45, 2.75) is 39.5 Å². The predicted octanol–water partition coefficient (Wildman–Crippen LogP) is 3.83. The van der Waals surface area contributed by atoms with E-state index in [4.69, 9.17) is 0 Å². The van der Waals surface area contributed by atoms with E-state index in [2.05, 4.69) is 4.98 Å². The molecule has 1 amide bonds. The van der Waals surface area contributed by atoms with Crippen LogP contribution in [-0.4, -0.2) is 42.2 Å². The topological polar surface area (TPSA) is 80.5 Å². The lowest BCUT2D eigenvalue weighted by Gasteiger charge is -2.28. The maximum absolute atomic E-state index is 13.5. The van der Waals surface area contributed by atoms with Gasteiger partial charge in [0.1, 0.15) is 17.5 Å². The molecule has 9 heteroatoms. The molecule has 6 nitrogen and oxygen atoms in total. The van der Waals surface area contributed by atoms with Crippen LogP contribution >= 0.6 is 0 Å². The highest BCUT2D eigenvalue weighted by Gasteiger charge is 2.36. The molecule has 0 aliphatic heterocycles. The Balaban J connectivity index is 2.46. The molecule has 0 spiro atoms. The van der Waals surface area contributed by atoms with Crippen molar-refractivity contribution in [3.05, 3.63) is 52.7 Å². The van der Waals surface area contributed by atoms with Crippen LogP contribution in [0, 0.1) is 25.2 Å². The molecule has 0 bridgehead atoms. The van der Waals surface area contributed by atoms with Gasteiger partial charge in [0.15, 0.2) is 0 Å². The summed E-state index contributed by atoms with van der Waals surface area (Å²) < 4.78 is 40.5. The highest BCUT2D eigenvalue weighted by Crippen LogP contribution is 2.36. The lowest BCUT2D eigenvalue weighted by molar-refractivity contribution is -0.137. The molecule has 0 saturated heterocycles. The first-order valence-electron chi connectivity index (χ1n) is 9.69. The van der Waals surface area contributed by atoms with Gasteiger partial charge < -0.3 is 14.9 Å². The number of anilines is 2. The van der Waals surface area contributed by atoms with E-state index >= 15 is 0 Å². The quantitative estimate of drug-likeness (QED) is 0.717. The van der Waals surface area contributed by atoms with Crippen molar-refractivity contribution < 1.29 is 23.1 Å². The lowest BCUT2D eigenvalue weighted by Crippen LogP contribution is -2.40. The van der Waals surface area contributed by atoms with Crippen molar-refractivity contribution >= 4 is 17.4 Å². The number of nitriles is 1. The summed E-state index contributed by atoms with van der Waals surface area (Å²) in [4.78, 5) is 19.8. The average Bonchev–Trinajstić information content (AvgIpc) is 2.68. The number of alkyl halides is 3. The molecule has 2 aromatic rings. The van der Waals surface area contributed by atoms with E-state index in [0.29, 0.717) is 5.69 Å². The van der Waals surface area contributed by atoms with Gasteiger partial charge >= 0.3 is 6.18 Å². The molecule has 1 N–H and O–H groups in total. The van der Waals surface area contributed by atoms with Gasteiger partial charge in [0.2, 0.25) is 5.91 Å². The third kappa shape index (κ3) is 6.18. The number of carbonyl (C=O) groups is 1. The third-order valence-corrected chi connectivity index (χ3v) is 4.75. The first-order valence-corrected chi connectivity index (χ1v) is 9.69. The number of aliphatic hydroxyl groups is 1. The minimum Gasteiger partial charge on any atom is -0.393 e. The van der Waals surface area contributed by atoms with Crippen molar-refractivity contribution in [3.63, 3.8) is 0 Å². The Hall–Kier alpha value is -3.12. The number of hydrogen-bond donors (Lipinski definition) is 1. The van der Waals surface area contributed by atoms with Crippen molar-refractivity contribution in [2.24, 2.45) is 0 Å². The van der Waals surface area contributed by atoms with Crippen LogP contribution in [0.1, 0.15) is 35.7 Å². The van der Waals surface area contributed by atoms with Gasteiger partial charge in [0.05, 0.1) is 18.2 Å². The molecule has 0 radical (unpaired) electrons. The van der Waals surface area contributed by atoms with Gasteiger partial charge in [-0.1, -0.05) is 12.1 Å². The summed E-state index contributed by atoms with van der Waals surface area (Å²) in [5.74, 6) is -0.613. The number of halogens is 3. The second-order valence-corrected chi connectivity index (χ2v) is 7.47. The summed E-state index contributed by atoms with van der Waals surface area (Å²) in [6, 6.07) is 9.65. The molecule has 0 aliphatic rings. The second-order valence-electron chi connectivity index (χ2n) is 7.47. The Morgan fingerprint density at radius 3 is 2.52 bits per heavy atom. The molecule has 0 fully saturated rings. The van der Waals surface area contributed by atoms with E-state index in [9.17, 15) is 28.3 Å². The Bertz CT molecular complexity index is 984. The van der Waals surface area contributed by atoms with Gasteiger partial charge in [-0.25, -0.2) is 4.98 Å². The van der Waals surface area contributed by atoms with Gasteiger partial charge in [-0.05, 0) is 51.0 Å². The van der Waals surface area contributed by atoms with Gasteiger partial charge in [-0.3, -0.25) is 4.79 Å². The molecular formula is C22H25F3N4O2. The first kappa shape index (κ1) is 24.2. The summed E-state index contributed by atoms with van der Waals surface area (Å²) in [6.45, 7) is 4.56. The van der Waals surface area contributed by atoms with E-state index < -0.39 is 29.3 Å². The molecule has 1 atom stereocenters. The summed E-state index contributed by atoms with van der Waals surface area (Å²) in [5, 5.41) is 19.1. The predicted molar refractivity (Wildman–Crippen MR) is 112 cm³/mol. The SMILES string of the molecule is Cc1cccc(N(C)C(=O)CN(CC[C@H](C)O)c2nc(C)cc(C(F)(F)F)c2C#N)c1. The molecule has 1 aromatic heterocycles. The van der Waals surface area contributed by atoms with Crippen LogP contribution in [0.15, 0.2) is 30.3 Å². The number of pyridine rings is 1. The second kappa shape index (κ2) is 9.79. The largest absolute Gasteiger partial charge is 0.417 e. The fourth-order valence-corrected chi connectivity index (χ4v) is 3.07. The van der Waals surface area contributed by atoms with E-state index in [-0.39, 0.29) is 31.0 Å². The molecule has 0 aliphatic carbocycles. The van der Waals surface area contributed by atoms with Crippen LogP contribution < -0.4 is 9.80 Å². The summed E-state index contributed by atoms with van der Waals surface area (Å²) in [6.07, 6.45) is -5.31. The van der Waals surface area contributed by atoms with Crippen molar-refractivity contribution in [1.29, 1.82) is 5.26 Å². The van der Waals surface area contributed by atoms with E-state index in [1.165, 1.54) is 23.6 Å². The van der Waals surface area contributed by atoms with E-state index in [1.54, 1.807) is 25.2 Å². The summed E-state index contributed by atoms with van der Waals surface area (Å²) in [7, 11) is 1.57. The number of aliphatic hydroxyl groups excluding tert-OH is 1. The first-order chi connectivity index (χ1) is 14.4. The highest BCUT2D eigenvalue weighted by atomic mass is 19.4. The Kier molecular flexibility index (Phi) is 7.63. The fraction of sp³-hybridized carbons (Fsp3) is 0.409. The number of carbonyl (C=O) groups excluding carboxylic acids is 1. The van der Waals surface area contributed by atoms with Crippen LogP contribution in [0.3, 0.4) is 0 Å². The van der Waals surface area contributed by atoms with Gasteiger partial charge in [0, 0.05) is 25.0 Å². The van der Waals surface area contributed by atoms with Crippen molar-refractivity contribution in [2.75, 3.05) is 29.9 Å². The Morgan fingerprint density at radius 1 is 1.29 bits per heavy atom. The third-order valence-electron chi connectivity index (χ3n) is 4.75. The van der Waals surface area contributed by atoms with Crippen LogP contribution in [-0.2, 0) is 11.0 Å². The summed E-state index contributed by atoms with van der Waals surface area (Å²) in [5.41, 5.74) is -0.0872. The van der Waals surface area contributed by atoms with Crippen molar-refractivity contribution in [3.8, 4) is 6.07 Å². The van der Waals surface area contributed by atoms with E-state index in [0.717, 1.165) is 11.6 Å². The molecule has 1 heterocycles. The monoisotopic (exact) mass is 434 g/mol. The van der Waals surface area contributed by atoms with Gasteiger partial charge in [-0.2, -0.15) is 18.4 Å². The van der Waals surface area contributed by atoms with Gasteiger partial charge in [-0.15, -0.1) is 0 Å². The number of rotatable bonds is 7. The molecule has 0 unspecified atom stereocenters. The molecule has 31 heavy (non-hydrogen) atoms. The minimum atomic E-state index is -4.74. The number of nitrogens with zero attached hydrogens (tertiary/aromatic N) is 4. The molecule has 166 valence electrons. The molecule has 1 aromatic carbocycles. The fourth-order valence-electron chi connectivity index (χ4n) is 3.07. The van der Waals surface area contributed by atoms with E-state index in [1.807, 2.05) is 19.1 Å². The molecule has 2 rings (SSSR count). The van der Waals surface area contributed by atoms with Crippen molar-refractivity contribution in [1.82, 2.24) is 4.98 Å². The molecule has 0 saturated carbocycles. The Labute approximate surface area is 179 Å². The minimum absolute atomic E-state index is 0.0491.